The molecule has 0 amide bonds. The Hall–Kier alpha value is -1.24. The first-order valence-electron chi connectivity index (χ1n) is 7.50. The van der Waals surface area contributed by atoms with Gasteiger partial charge in [-0.3, -0.25) is 4.99 Å². The number of nitrogens with zero attached hydrogens (tertiary/aromatic N) is 4. The van der Waals surface area contributed by atoms with Gasteiger partial charge < -0.3 is 10.6 Å². The van der Waals surface area contributed by atoms with Gasteiger partial charge in [-0.2, -0.15) is 16.9 Å². The maximum Gasteiger partial charge on any atom is 0.191 e. The second kappa shape index (κ2) is 7.15. The molecule has 2 heterocycles. The first kappa shape index (κ1) is 16.1. The van der Waals surface area contributed by atoms with Crippen molar-refractivity contribution in [3.05, 3.63) is 12.2 Å². The third-order valence-corrected chi connectivity index (χ3v) is 4.90. The zero-order valence-electron chi connectivity index (χ0n) is 13.4. The third-order valence-electron chi connectivity index (χ3n) is 3.66. The maximum atomic E-state index is 4.72. The highest BCUT2D eigenvalue weighted by Gasteiger charge is 2.21. The van der Waals surface area contributed by atoms with E-state index in [0.717, 1.165) is 44.3 Å². The summed E-state index contributed by atoms with van der Waals surface area (Å²) in [7, 11) is 0. The van der Waals surface area contributed by atoms with Crippen LogP contribution in [0, 0.1) is 0 Å². The maximum absolute atomic E-state index is 4.72. The minimum absolute atomic E-state index is 0.161. The second-order valence-electron chi connectivity index (χ2n) is 5.90. The molecule has 6 nitrogen and oxygen atoms in total. The third kappa shape index (κ3) is 4.62. The summed E-state index contributed by atoms with van der Waals surface area (Å²) < 4.78 is 2.14. The van der Waals surface area contributed by atoms with Gasteiger partial charge >= 0.3 is 0 Å². The highest BCUT2D eigenvalue weighted by atomic mass is 32.2. The molecule has 1 aliphatic rings. The van der Waals surface area contributed by atoms with E-state index in [4.69, 9.17) is 4.99 Å². The van der Waals surface area contributed by atoms with Crippen LogP contribution in [0.1, 0.15) is 33.0 Å². The number of thioether (sulfide) groups is 1. The van der Waals surface area contributed by atoms with Gasteiger partial charge in [-0.1, -0.05) is 0 Å². The summed E-state index contributed by atoms with van der Waals surface area (Å²) >= 11 is 1.84. The van der Waals surface area contributed by atoms with E-state index in [1.807, 2.05) is 16.4 Å². The predicted octanol–water partition coefficient (Wildman–Crippen LogP) is 1.29. The molecule has 0 radical (unpaired) electrons. The lowest BCUT2D eigenvalue weighted by molar-refractivity contribution is 0.392. The lowest BCUT2D eigenvalue weighted by atomic mass is 10.1. The van der Waals surface area contributed by atoms with E-state index in [1.54, 1.807) is 6.33 Å². The van der Waals surface area contributed by atoms with Crippen molar-refractivity contribution in [2.45, 2.75) is 50.9 Å². The Morgan fingerprint density at radius 1 is 1.57 bits per heavy atom. The van der Waals surface area contributed by atoms with Gasteiger partial charge in [-0.15, -0.1) is 0 Å². The van der Waals surface area contributed by atoms with Crippen molar-refractivity contribution in [1.29, 1.82) is 0 Å². The Morgan fingerprint density at radius 2 is 2.38 bits per heavy atom. The summed E-state index contributed by atoms with van der Waals surface area (Å²) in [6.45, 7) is 9.04. The predicted molar refractivity (Wildman–Crippen MR) is 88.8 cm³/mol. The molecule has 0 aromatic carbocycles. The smallest absolute Gasteiger partial charge is 0.191 e. The van der Waals surface area contributed by atoms with Crippen molar-refractivity contribution in [2.24, 2.45) is 4.99 Å². The van der Waals surface area contributed by atoms with Crippen molar-refractivity contribution < 1.29 is 0 Å². The minimum Gasteiger partial charge on any atom is -0.357 e. The quantitative estimate of drug-likeness (QED) is 0.634. The van der Waals surface area contributed by atoms with Crippen molar-refractivity contribution in [3.63, 3.8) is 0 Å². The Bertz CT molecular complexity index is 482. The topological polar surface area (TPSA) is 67.1 Å². The monoisotopic (exact) mass is 310 g/mol. The van der Waals surface area contributed by atoms with Gasteiger partial charge in [-0.05, 0) is 33.4 Å². The van der Waals surface area contributed by atoms with E-state index < -0.39 is 0 Å². The van der Waals surface area contributed by atoms with Gasteiger partial charge in [0.25, 0.3) is 0 Å². The van der Waals surface area contributed by atoms with Crippen LogP contribution in [0.4, 0.5) is 0 Å². The molecule has 21 heavy (non-hydrogen) atoms. The molecule has 118 valence electrons. The number of aryl methyl sites for hydroxylation is 1. The normalized spacial score (nSPS) is 19.2. The number of fused-ring (bicyclic) bond motifs is 1. The Balaban J connectivity index is 1.95. The van der Waals surface area contributed by atoms with Gasteiger partial charge in [0, 0.05) is 23.8 Å². The van der Waals surface area contributed by atoms with Gasteiger partial charge in [0.1, 0.15) is 12.2 Å². The number of rotatable bonds is 5. The van der Waals surface area contributed by atoms with Crippen LogP contribution in [-0.2, 0) is 13.0 Å². The van der Waals surface area contributed by atoms with Gasteiger partial charge in [-0.25, -0.2) is 9.67 Å². The fourth-order valence-electron chi connectivity index (χ4n) is 2.20. The van der Waals surface area contributed by atoms with Crippen molar-refractivity contribution in [1.82, 2.24) is 25.4 Å². The van der Waals surface area contributed by atoms with Crippen LogP contribution in [0.3, 0.4) is 0 Å². The number of aromatic nitrogens is 3. The van der Waals surface area contributed by atoms with Crippen LogP contribution in [0.5, 0.6) is 0 Å². The molecule has 2 N–H and O–H groups in total. The van der Waals surface area contributed by atoms with E-state index in [9.17, 15) is 0 Å². The second-order valence-corrected chi connectivity index (χ2v) is 7.41. The van der Waals surface area contributed by atoms with Crippen LogP contribution >= 0.6 is 11.8 Å². The summed E-state index contributed by atoms with van der Waals surface area (Å²) in [5.74, 6) is 1.98. The number of guanidine groups is 1. The highest BCUT2D eigenvalue weighted by Crippen LogP contribution is 2.21. The average Bonchev–Trinajstić information content (AvgIpc) is 2.93. The van der Waals surface area contributed by atoms with E-state index >= 15 is 0 Å². The van der Waals surface area contributed by atoms with Crippen LogP contribution < -0.4 is 10.6 Å². The van der Waals surface area contributed by atoms with Crippen molar-refractivity contribution >= 4 is 17.7 Å². The molecule has 1 unspecified atom stereocenters. The summed E-state index contributed by atoms with van der Waals surface area (Å²) in [6, 6.07) is 0.356. The fraction of sp³-hybridized carbons (Fsp3) is 0.786. The summed E-state index contributed by atoms with van der Waals surface area (Å²) in [4.78, 5) is 8.98. The van der Waals surface area contributed by atoms with Crippen LogP contribution in [0.15, 0.2) is 11.3 Å². The molecule has 0 fully saturated rings. The lowest BCUT2D eigenvalue weighted by Crippen LogP contribution is -2.47. The summed E-state index contributed by atoms with van der Waals surface area (Å²) in [5.41, 5.74) is 0. The van der Waals surface area contributed by atoms with Crippen LogP contribution in [0.25, 0.3) is 0 Å². The average molecular weight is 310 g/mol. The van der Waals surface area contributed by atoms with E-state index in [-0.39, 0.29) is 4.75 Å². The number of hydrogen-bond acceptors (Lipinski definition) is 4. The standard InChI is InChI=1S/C14H26N6S/c1-5-15-13(16-9-14(2,3)21-4)19-11-6-7-12-17-10-18-20(12)8-11/h10-11H,5-9H2,1-4H3,(H2,15,16,19). The van der Waals surface area contributed by atoms with Crippen LogP contribution in [-0.4, -0.2) is 50.9 Å². The molecule has 1 aromatic rings. The van der Waals surface area contributed by atoms with Crippen LogP contribution in [0.2, 0.25) is 0 Å². The first-order valence-corrected chi connectivity index (χ1v) is 8.73. The highest BCUT2D eigenvalue weighted by molar-refractivity contribution is 7.99. The number of nitrogens with one attached hydrogen (secondary N) is 2. The summed E-state index contributed by atoms with van der Waals surface area (Å²) in [5, 5.41) is 11.1. The Kier molecular flexibility index (Phi) is 5.50. The summed E-state index contributed by atoms with van der Waals surface area (Å²) in [6.07, 6.45) is 5.80. The van der Waals surface area contributed by atoms with Gasteiger partial charge in [0.05, 0.1) is 13.1 Å². The van der Waals surface area contributed by atoms with Gasteiger partial charge in [0.2, 0.25) is 0 Å². The molecule has 2 rings (SSSR count). The van der Waals surface area contributed by atoms with Gasteiger partial charge in [0.15, 0.2) is 5.96 Å². The molecule has 1 aliphatic heterocycles. The first-order chi connectivity index (χ1) is 10.0. The SMILES string of the molecule is CCNC(=NCC(C)(C)SC)NC1CCc2ncnn2C1. The zero-order valence-corrected chi connectivity index (χ0v) is 14.2. The minimum atomic E-state index is 0.161. The van der Waals surface area contributed by atoms with E-state index in [0.29, 0.717) is 6.04 Å². The molecule has 7 heteroatoms. The molecule has 0 aliphatic carbocycles. The molecule has 1 atom stereocenters. The molecule has 1 aromatic heterocycles. The largest absolute Gasteiger partial charge is 0.357 e. The molecule has 0 saturated heterocycles. The lowest BCUT2D eigenvalue weighted by Gasteiger charge is -2.26. The Labute approximate surface area is 131 Å². The van der Waals surface area contributed by atoms with E-state index in [2.05, 4.69) is 47.7 Å². The van der Waals surface area contributed by atoms with E-state index in [1.165, 1.54) is 0 Å². The zero-order chi connectivity index (χ0) is 15.3. The Morgan fingerprint density at radius 3 is 3.10 bits per heavy atom. The molecule has 0 bridgehead atoms. The molecular formula is C14H26N6S. The van der Waals surface area contributed by atoms with Crippen molar-refractivity contribution in [3.8, 4) is 0 Å². The molecule has 0 saturated carbocycles. The fourth-order valence-corrected chi connectivity index (χ4v) is 2.40. The molecule has 0 spiro atoms. The van der Waals surface area contributed by atoms with Crippen molar-refractivity contribution in [2.75, 3.05) is 19.3 Å². The number of hydrogen-bond donors (Lipinski definition) is 2. The number of aliphatic imine (C=N–C) groups is 1. The molecular weight excluding hydrogens is 284 g/mol.